The van der Waals surface area contributed by atoms with Crippen molar-refractivity contribution >= 4 is 29.2 Å². The van der Waals surface area contributed by atoms with E-state index in [0.29, 0.717) is 22.8 Å². The summed E-state index contributed by atoms with van der Waals surface area (Å²) < 4.78 is 20.6. The lowest BCUT2D eigenvalue weighted by Crippen LogP contribution is -2.13. The van der Waals surface area contributed by atoms with Crippen LogP contribution in [0.3, 0.4) is 0 Å². The molecule has 6 nitrogen and oxygen atoms in total. The molecule has 0 saturated carbocycles. The van der Waals surface area contributed by atoms with Crippen molar-refractivity contribution < 1.29 is 28.5 Å². The van der Waals surface area contributed by atoms with Gasteiger partial charge in [-0.1, -0.05) is 6.07 Å². The van der Waals surface area contributed by atoms with E-state index in [2.05, 4.69) is 0 Å². The van der Waals surface area contributed by atoms with E-state index < -0.39 is 5.97 Å². The Morgan fingerprint density at radius 1 is 1.08 bits per heavy atom. The fraction of sp³-hybridized carbons (Fsp3) is 0.222. The SMILES string of the molecule is COc1cc(C(=O)COC(=O)/C=C/c2cccs2)cc(OC)c1OC. The standard InChI is InChI=1S/C18H18O6S/c1-21-15-9-12(10-16(22-2)18(15)23-3)14(19)11-24-17(20)7-6-13-5-4-8-25-13/h4-10H,11H2,1-3H3/b7-6+. The predicted octanol–water partition coefficient (Wildman–Crippen LogP) is 3.21. The van der Waals surface area contributed by atoms with Crippen LogP contribution in [0.5, 0.6) is 17.2 Å². The fourth-order valence-corrected chi connectivity index (χ4v) is 2.66. The third kappa shape index (κ3) is 4.84. The molecule has 7 heteroatoms. The highest BCUT2D eigenvalue weighted by molar-refractivity contribution is 7.10. The van der Waals surface area contributed by atoms with Crippen LogP contribution in [0.4, 0.5) is 0 Å². The molecule has 0 aliphatic carbocycles. The Morgan fingerprint density at radius 2 is 1.76 bits per heavy atom. The zero-order valence-corrected chi connectivity index (χ0v) is 14.9. The normalized spacial score (nSPS) is 10.5. The molecule has 0 atom stereocenters. The average molecular weight is 362 g/mol. The first kappa shape index (κ1) is 18.5. The molecule has 2 rings (SSSR count). The van der Waals surface area contributed by atoms with Crippen LogP contribution in [0.1, 0.15) is 15.2 Å². The van der Waals surface area contributed by atoms with Crippen LogP contribution in [0, 0.1) is 0 Å². The predicted molar refractivity (Wildman–Crippen MR) is 94.7 cm³/mol. The van der Waals surface area contributed by atoms with Gasteiger partial charge in [0.05, 0.1) is 21.3 Å². The molecule has 0 aliphatic heterocycles. The van der Waals surface area contributed by atoms with Gasteiger partial charge in [-0.2, -0.15) is 0 Å². The van der Waals surface area contributed by atoms with E-state index >= 15 is 0 Å². The summed E-state index contributed by atoms with van der Waals surface area (Å²) >= 11 is 1.50. The molecule has 1 heterocycles. The molecule has 0 unspecified atom stereocenters. The first-order valence-electron chi connectivity index (χ1n) is 7.30. The minimum Gasteiger partial charge on any atom is -0.493 e. The molecule has 1 aromatic carbocycles. The lowest BCUT2D eigenvalue weighted by molar-refractivity contribution is -0.136. The van der Waals surface area contributed by atoms with E-state index in [1.54, 1.807) is 6.08 Å². The van der Waals surface area contributed by atoms with Crippen molar-refractivity contribution in [2.45, 2.75) is 0 Å². The Balaban J connectivity index is 2.04. The third-order valence-corrected chi connectivity index (χ3v) is 4.10. The smallest absolute Gasteiger partial charge is 0.331 e. The van der Waals surface area contributed by atoms with E-state index in [-0.39, 0.29) is 12.4 Å². The van der Waals surface area contributed by atoms with Crippen LogP contribution in [0.15, 0.2) is 35.7 Å². The number of carbonyl (C=O) groups is 2. The van der Waals surface area contributed by atoms with E-state index in [1.807, 2.05) is 17.5 Å². The Bertz CT molecular complexity index is 739. The lowest BCUT2D eigenvalue weighted by Gasteiger charge is -2.13. The summed E-state index contributed by atoms with van der Waals surface area (Å²) in [5.74, 6) is 0.131. The topological polar surface area (TPSA) is 71.1 Å². The summed E-state index contributed by atoms with van der Waals surface area (Å²) in [4.78, 5) is 24.9. The molecule has 0 aliphatic rings. The highest BCUT2D eigenvalue weighted by Crippen LogP contribution is 2.38. The maximum atomic E-state index is 12.3. The van der Waals surface area contributed by atoms with Crippen LogP contribution >= 0.6 is 11.3 Å². The van der Waals surface area contributed by atoms with Gasteiger partial charge in [0.2, 0.25) is 11.5 Å². The van der Waals surface area contributed by atoms with Crippen LogP contribution in [-0.2, 0) is 9.53 Å². The highest BCUT2D eigenvalue weighted by atomic mass is 32.1. The van der Waals surface area contributed by atoms with Crippen molar-refractivity contribution in [2.75, 3.05) is 27.9 Å². The van der Waals surface area contributed by atoms with E-state index in [9.17, 15) is 9.59 Å². The van der Waals surface area contributed by atoms with Crippen molar-refractivity contribution in [3.05, 3.63) is 46.2 Å². The number of Topliss-reactive ketones (excluding diaryl/α,β-unsaturated/α-hetero) is 1. The van der Waals surface area contributed by atoms with Gasteiger partial charge in [-0.3, -0.25) is 4.79 Å². The fourth-order valence-electron chi connectivity index (χ4n) is 2.05. The van der Waals surface area contributed by atoms with E-state index in [1.165, 1.54) is 50.9 Å². The molecule has 0 amide bonds. The maximum Gasteiger partial charge on any atom is 0.331 e. The Hall–Kier alpha value is -2.80. The largest absolute Gasteiger partial charge is 0.493 e. The average Bonchev–Trinajstić information content (AvgIpc) is 3.16. The van der Waals surface area contributed by atoms with Gasteiger partial charge in [-0.25, -0.2) is 4.79 Å². The minimum absolute atomic E-state index is 0.296. The van der Waals surface area contributed by atoms with Crippen molar-refractivity contribution in [1.29, 1.82) is 0 Å². The van der Waals surface area contributed by atoms with Gasteiger partial charge in [0.1, 0.15) is 0 Å². The van der Waals surface area contributed by atoms with Gasteiger partial charge in [-0.05, 0) is 29.7 Å². The summed E-state index contributed by atoms with van der Waals surface area (Å²) in [5.41, 5.74) is 0.296. The number of benzene rings is 1. The lowest BCUT2D eigenvalue weighted by atomic mass is 10.1. The van der Waals surface area contributed by atoms with E-state index in [0.717, 1.165) is 4.88 Å². The molecular formula is C18H18O6S. The van der Waals surface area contributed by atoms with Gasteiger partial charge >= 0.3 is 5.97 Å². The second-order valence-electron chi connectivity index (χ2n) is 4.79. The van der Waals surface area contributed by atoms with Gasteiger partial charge in [0, 0.05) is 16.5 Å². The van der Waals surface area contributed by atoms with Crippen LogP contribution in [0.25, 0.3) is 6.08 Å². The molecule has 1 aromatic heterocycles. The number of hydrogen-bond donors (Lipinski definition) is 0. The highest BCUT2D eigenvalue weighted by Gasteiger charge is 2.17. The zero-order valence-electron chi connectivity index (χ0n) is 14.1. The maximum absolute atomic E-state index is 12.3. The zero-order chi connectivity index (χ0) is 18.2. The van der Waals surface area contributed by atoms with Crippen LogP contribution in [0.2, 0.25) is 0 Å². The van der Waals surface area contributed by atoms with Crippen molar-refractivity contribution in [3.63, 3.8) is 0 Å². The Morgan fingerprint density at radius 3 is 2.28 bits per heavy atom. The number of hydrogen-bond acceptors (Lipinski definition) is 7. The Labute approximate surface area is 149 Å². The molecule has 0 bridgehead atoms. The molecule has 0 fully saturated rings. The van der Waals surface area contributed by atoms with Crippen molar-refractivity contribution in [2.24, 2.45) is 0 Å². The Kier molecular flexibility index (Phi) is 6.59. The molecule has 0 spiro atoms. The number of esters is 1. The third-order valence-electron chi connectivity index (χ3n) is 3.26. The van der Waals surface area contributed by atoms with Gasteiger partial charge in [0.15, 0.2) is 18.1 Å². The molecule has 0 N–H and O–H groups in total. The summed E-state index contributed by atoms with van der Waals surface area (Å²) in [6.45, 7) is -0.383. The number of methoxy groups -OCH3 is 3. The first-order valence-corrected chi connectivity index (χ1v) is 8.18. The second kappa shape index (κ2) is 8.89. The van der Waals surface area contributed by atoms with Gasteiger partial charge in [0.25, 0.3) is 0 Å². The molecular weight excluding hydrogens is 344 g/mol. The molecule has 25 heavy (non-hydrogen) atoms. The molecule has 2 aromatic rings. The summed E-state index contributed by atoms with van der Waals surface area (Å²) in [6, 6.07) is 6.77. The van der Waals surface area contributed by atoms with Gasteiger partial charge in [-0.15, -0.1) is 11.3 Å². The minimum atomic E-state index is -0.589. The number of ether oxygens (including phenoxy) is 4. The van der Waals surface area contributed by atoms with Crippen molar-refractivity contribution in [3.8, 4) is 17.2 Å². The van der Waals surface area contributed by atoms with Gasteiger partial charge < -0.3 is 18.9 Å². The van der Waals surface area contributed by atoms with Crippen LogP contribution in [-0.4, -0.2) is 39.7 Å². The summed E-state index contributed by atoms with van der Waals surface area (Å²) in [5, 5.41) is 1.90. The quantitative estimate of drug-likeness (QED) is 0.408. The molecule has 132 valence electrons. The molecule has 0 radical (unpaired) electrons. The number of rotatable bonds is 8. The number of thiophene rings is 1. The summed E-state index contributed by atoms with van der Waals surface area (Å²) in [6.07, 6.45) is 2.92. The number of carbonyl (C=O) groups excluding carboxylic acids is 2. The second-order valence-corrected chi connectivity index (χ2v) is 5.77. The first-order chi connectivity index (χ1) is 12.1. The van der Waals surface area contributed by atoms with Crippen LogP contribution < -0.4 is 14.2 Å². The monoisotopic (exact) mass is 362 g/mol. The number of ketones is 1. The summed E-state index contributed by atoms with van der Waals surface area (Å²) in [7, 11) is 4.39. The van der Waals surface area contributed by atoms with E-state index in [4.69, 9.17) is 18.9 Å². The molecule has 0 saturated heterocycles. The van der Waals surface area contributed by atoms with Crippen molar-refractivity contribution in [1.82, 2.24) is 0 Å².